The van der Waals surface area contributed by atoms with Crippen molar-refractivity contribution in [3.8, 4) is 0 Å². The Bertz CT molecular complexity index is 709. The Morgan fingerprint density at radius 1 is 1.14 bits per heavy atom. The van der Waals surface area contributed by atoms with Crippen molar-refractivity contribution < 1.29 is 9.59 Å². The maximum Gasteiger partial charge on any atom is 0.272 e. The van der Waals surface area contributed by atoms with Gasteiger partial charge in [0, 0.05) is 19.8 Å². The highest BCUT2D eigenvalue weighted by molar-refractivity contribution is 5.98. The van der Waals surface area contributed by atoms with Crippen molar-refractivity contribution in [2.45, 2.75) is 20.8 Å². The molecule has 2 amide bonds. The molecule has 2 rings (SSSR count). The third kappa shape index (κ3) is 3.16. The average molecular weight is 304 g/mol. The van der Waals surface area contributed by atoms with Gasteiger partial charge >= 0.3 is 0 Å². The first-order valence-electron chi connectivity index (χ1n) is 6.88. The predicted octanol–water partition coefficient (Wildman–Crippen LogP) is 0.447. The summed E-state index contributed by atoms with van der Waals surface area (Å²) in [5, 5.41) is 13.6. The highest BCUT2D eigenvalue weighted by Crippen LogP contribution is 2.17. The summed E-state index contributed by atoms with van der Waals surface area (Å²) < 4.78 is 3.30. The van der Waals surface area contributed by atoms with E-state index < -0.39 is 0 Å². The zero-order valence-corrected chi connectivity index (χ0v) is 13.4. The van der Waals surface area contributed by atoms with Gasteiger partial charge in [0.25, 0.3) is 5.91 Å². The first kappa shape index (κ1) is 15.7. The molecule has 0 saturated heterocycles. The molecule has 0 aromatic carbocycles. The van der Waals surface area contributed by atoms with Crippen molar-refractivity contribution in [3.63, 3.8) is 0 Å². The Hall–Kier alpha value is -2.64. The summed E-state index contributed by atoms with van der Waals surface area (Å²) in [6, 6.07) is 1.67. The lowest BCUT2D eigenvalue weighted by molar-refractivity contribution is -0.115. The third-order valence-corrected chi connectivity index (χ3v) is 3.53. The first-order chi connectivity index (χ1) is 10.3. The van der Waals surface area contributed by atoms with Crippen molar-refractivity contribution in [3.05, 3.63) is 28.8 Å². The van der Waals surface area contributed by atoms with Crippen LogP contribution in [0.3, 0.4) is 0 Å². The molecule has 22 heavy (non-hydrogen) atoms. The normalized spacial score (nSPS) is 10.6. The standard InChI is InChI=1S/C14H20N6O2/c1-8-6-11(18-19(8)4)14(22)15-7-12(21)16-13-9(2)17-20(5)10(13)3/h6H,7H2,1-5H3,(H,15,22)(H,16,21). The van der Waals surface area contributed by atoms with Gasteiger partial charge in [-0.2, -0.15) is 10.2 Å². The summed E-state index contributed by atoms with van der Waals surface area (Å²) in [5.74, 6) is -0.682. The topological polar surface area (TPSA) is 93.8 Å². The molecule has 0 saturated carbocycles. The van der Waals surface area contributed by atoms with E-state index >= 15 is 0 Å². The predicted molar refractivity (Wildman–Crippen MR) is 81.6 cm³/mol. The quantitative estimate of drug-likeness (QED) is 0.857. The molecule has 0 aliphatic heterocycles. The van der Waals surface area contributed by atoms with E-state index in [4.69, 9.17) is 0 Å². The molecule has 0 aliphatic carbocycles. The van der Waals surface area contributed by atoms with Crippen LogP contribution in [0.15, 0.2) is 6.07 Å². The molecule has 118 valence electrons. The number of anilines is 1. The fourth-order valence-corrected chi connectivity index (χ4v) is 2.06. The van der Waals surface area contributed by atoms with Gasteiger partial charge in [0.05, 0.1) is 23.6 Å². The maximum atomic E-state index is 11.9. The van der Waals surface area contributed by atoms with Gasteiger partial charge in [0.2, 0.25) is 5.91 Å². The number of carbonyl (C=O) groups excluding carboxylic acids is 2. The van der Waals surface area contributed by atoms with E-state index in [1.807, 2.05) is 27.8 Å². The van der Waals surface area contributed by atoms with Gasteiger partial charge in [-0.05, 0) is 26.8 Å². The van der Waals surface area contributed by atoms with E-state index in [1.165, 1.54) is 0 Å². The molecule has 0 atom stereocenters. The Balaban J connectivity index is 1.94. The van der Waals surface area contributed by atoms with Gasteiger partial charge < -0.3 is 10.6 Å². The lowest BCUT2D eigenvalue weighted by Gasteiger charge is -2.06. The smallest absolute Gasteiger partial charge is 0.272 e. The van der Waals surface area contributed by atoms with Crippen LogP contribution in [0.1, 0.15) is 27.6 Å². The molecule has 8 heteroatoms. The van der Waals surface area contributed by atoms with Gasteiger partial charge in [0.15, 0.2) is 0 Å². The molecule has 0 spiro atoms. The van der Waals surface area contributed by atoms with Gasteiger partial charge in [-0.15, -0.1) is 0 Å². The van der Waals surface area contributed by atoms with Crippen LogP contribution in [0.5, 0.6) is 0 Å². The monoisotopic (exact) mass is 304 g/mol. The summed E-state index contributed by atoms with van der Waals surface area (Å²) in [7, 11) is 3.57. The van der Waals surface area contributed by atoms with Gasteiger partial charge in [-0.1, -0.05) is 0 Å². The van der Waals surface area contributed by atoms with Crippen molar-refractivity contribution in [2.75, 3.05) is 11.9 Å². The molecular formula is C14H20N6O2. The molecule has 2 aromatic heterocycles. The van der Waals surface area contributed by atoms with Crippen LogP contribution in [0.2, 0.25) is 0 Å². The minimum absolute atomic E-state index is 0.123. The number of aryl methyl sites for hydroxylation is 4. The number of hydrogen-bond acceptors (Lipinski definition) is 4. The molecule has 0 bridgehead atoms. The lowest BCUT2D eigenvalue weighted by Crippen LogP contribution is -2.33. The second kappa shape index (κ2) is 6.00. The molecule has 2 heterocycles. The second-order valence-corrected chi connectivity index (χ2v) is 5.19. The highest BCUT2D eigenvalue weighted by Gasteiger charge is 2.15. The van der Waals surface area contributed by atoms with E-state index in [-0.39, 0.29) is 18.4 Å². The summed E-state index contributed by atoms with van der Waals surface area (Å²) in [6.07, 6.45) is 0. The number of rotatable bonds is 4. The highest BCUT2D eigenvalue weighted by atomic mass is 16.2. The van der Waals surface area contributed by atoms with Crippen LogP contribution < -0.4 is 10.6 Å². The number of aromatic nitrogens is 4. The van der Waals surface area contributed by atoms with E-state index in [0.717, 1.165) is 17.1 Å². The van der Waals surface area contributed by atoms with Crippen molar-refractivity contribution in [2.24, 2.45) is 14.1 Å². The van der Waals surface area contributed by atoms with Crippen LogP contribution in [-0.2, 0) is 18.9 Å². The molecule has 0 unspecified atom stereocenters. The Labute approximate surface area is 128 Å². The van der Waals surface area contributed by atoms with Crippen molar-refractivity contribution in [1.82, 2.24) is 24.9 Å². The Morgan fingerprint density at radius 2 is 1.82 bits per heavy atom. The van der Waals surface area contributed by atoms with Crippen molar-refractivity contribution >= 4 is 17.5 Å². The zero-order valence-electron chi connectivity index (χ0n) is 13.4. The van der Waals surface area contributed by atoms with E-state index in [0.29, 0.717) is 11.4 Å². The molecular weight excluding hydrogens is 284 g/mol. The third-order valence-electron chi connectivity index (χ3n) is 3.53. The number of hydrogen-bond donors (Lipinski definition) is 2. The van der Waals surface area contributed by atoms with E-state index in [1.54, 1.807) is 22.5 Å². The Kier molecular flexibility index (Phi) is 4.30. The van der Waals surface area contributed by atoms with Gasteiger partial charge in [0.1, 0.15) is 5.69 Å². The fourth-order valence-electron chi connectivity index (χ4n) is 2.06. The second-order valence-electron chi connectivity index (χ2n) is 5.19. The van der Waals surface area contributed by atoms with Gasteiger partial charge in [-0.25, -0.2) is 0 Å². The minimum atomic E-state index is -0.376. The molecule has 2 aromatic rings. The lowest BCUT2D eigenvalue weighted by atomic mass is 10.3. The summed E-state index contributed by atoms with van der Waals surface area (Å²) in [4.78, 5) is 23.9. The molecule has 0 fully saturated rings. The summed E-state index contributed by atoms with van der Waals surface area (Å²) in [6.45, 7) is 5.41. The van der Waals surface area contributed by atoms with Crippen LogP contribution in [0, 0.1) is 20.8 Å². The number of carbonyl (C=O) groups is 2. The average Bonchev–Trinajstić information content (AvgIpc) is 2.91. The van der Waals surface area contributed by atoms with Crippen LogP contribution in [0.25, 0.3) is 0 Å². The molecule has 2 N–H and O–H groups in total. The Morgan fingerprint density at radius 3 is 2.32 bits per heavy atom. The summed E-state index contributed by atoms with van der Waals surface area (Å²) in [5.41, 5.74) is 3.44. The molecule has 0 aliphatic rings. The summed E-state index contributed by atoms with van der Waals surface area (Å²) >= 11 is 0. The minimum Gasteiger partial charge on any atom is -0.342 e. The number of amides is 2. The molecule has 0 radical (unpaired) electrons. The van der Waals surface area contributed by atoms with E-state index in [9.17, 15) is 9.59 Å². The molecule has 8 nitrogen and oxygen atoms in total. The van der Waals surface area contributed by atoms with Crippen LogP contribution in [-0.4, -0.2) is 37.9 Å². The SMILES string of the molecule is Cc1nn(C)c(C)c1NC(=O)CNC(=O)c1cc(C)n(C)n1. The van der Waals surface area contributed by atoms with Gasteiger partial charge in [-0.3, -0.25) is 19.0 Å². The number of nitrogens with zero attached hydrogens (tertiary/aromatic N) is 4. The first-order valence-corrected chi connectivity index (χ1v) is 6.88. The fraction of sp³-hybridized carbons (Fsp3) is 0.429. The number of nitrogens with one attached hydrogen (secondary N) is 2. The largest absolute Gasteiger partial charge is 0.342 e. The van der Waals surface area contributed by atoms with Crippen LogP contribution in [0.4, 0.5) is 5.69 Å². The van der Waals surface area contributed by atoms with Crippen molar-refractivity contribution in [1.29, 1.82) is 0 Å². The zero-order chi connectivity index (χ0) is 16.4. The van der Waals surface area contributed by atoms with E-state index in [2.05, 4.69) is 20.8 Å². The maximum absolute atomic E-state index is 11.9. The van der Waals surface area contributed by atoms with Crippen LogP contribution >= 0.6 is 0 Å².